The topological polar surface area (TPSA) is 88.1 Å². The molecule has 0 aromatic heterocycles. The number of nitrogens with one attached hydrogen (secondary N) is 1. The minimum atomic E-state index is -3.98. The maximum Gasteiger partial charge on any atom is 0.264 e. The van der Waals surface area contributed by atoms with Gasteiger partial charge in [-0.2, -0.15) is 5.10 Å². The minimum absolute atomic E-state index is 0.114. The van der Waals surface area contributed by atoms with Gasteiger partial charge in [-0.05, 0) is 81.3 Å². The van der Waals surface area contributed by atoms with Crippen LogP contribution in [0.15, 0.2) is 82.8 Å². The van der Waals surface area contributed by atoms with Crippen LogP contribution in [0.4, 0.5) is 5.69 Å². The number of nitrogens with zero attached hydrogens (tertiary/aromatic N) is 2. The fraction of sp³-hybridized carbons (Fsp3) is 0.231. The van der Waals surface area contributed by atoms with Crippen molar-refractivity contribution in [2.75, 3.05) is 17.5 Å². The van der Waals surface area contributed by atoms with E-state index >= 15 is 0 Å². The van der Waals surface area contributed by atoms with E-state index in [-0.39, 0.29) is 4.90 Å². The summed E-state index contributed by atoms with van der Waals surface area (Å²) >= 11 is 0. The number of carbonyl (C=O) groups is 1. The molecule has 0 saturated heterocycles. The summed E-state index contributed by atoms with van der Waals surface area (Å²) in [4.78, 5) is 12.9. The van der Waals surface area contributed by atoms with Gasteiger partial charge in [-0.25, -0.2) is 13.8 Å². The maximum atomic E-state index is 13.5. The molecular formula is C26H29N3O4S. The molecule has 8 heteroatoms. The molecule has 1 amide bonds. The van der Waals surface area contributed by atoms with Gasteiger partial charge in [0.1, 0.15) is 12.3 Å². The van der Waals surface area contributed by atoms with Gasteiger partial charge in [0.15, 0.2) is 0 Å². The number of hydrogen-bond donors (Lipinski definition) is 1. The van der Waals surface area contributed by atoms with Crippen LogP contribution in [0.5, 0.6) is 5.75 Å². The van der Waals surface area contributed by atoms with Crippen molar-refractivity contribution in [1.82, 2.24) is 5.43 Å². The third-order valence-electron chi connectivity index (χ3n) is 5.21. The Morgan fingerprint density at radius 2 is 1.62 bits per heavy atom. The van der Waals surface area contributed by atoms with Crippen molar-refractivity contribution in [3.63, 3.8) is 0 Å². The molecule has 0 heterocycles. The Labute approximate surface area is 201 Å². The number of hydrogen-bond acceptors (Lipinski definition) is 5. The lowest BCUT2D eigenvalue weighted by Gasteiger charge is -2.25. The first-order valence-corrected chi connectivity index (χ1v) is 12.4. The Hall–Kier alpha value is -3.65. The summed E-state index contributed by atoms with van der Waals surface area (Å²) < 4.78 is 33.5. The van der Waals surface area contributed by atoms with Gasteiger partial charge >= 0.3 is 0 Å². The summed E-state index contributed by atoms with van der Waals surface area (Å²) in [6.45, 7) is 7.52. The van der Waals surface area contributed by atoms with Gasteiger partial charge < -0.3 is 4.74 Å². The number of aryl methyl sites for hydroxylation is 2. The molecule has 3 aromatic carbocycles. The van der Waals surface area contributed by atoms with Crippen LogP contribution in [0.1, 0.15) is 30.5 Å². The zero-order valence-corrected chi connectivity index (χ0v) is 20.6. The second kappa shape index (κ2) is 11.0. The Bertz CT molecular complexity index is 1270. The highest BCUT2D eigenvalue weighted by molar-refractivity contribution is 7.92. The Balaban J connectivity index is 1.83. The van der Waals surface area contributed by atoms with Crippen LogP contribution in [-0.4, -0.2) is 33.2 Å². The van der Waals surface area contributed by atoms with Crippen molar-refractivity contribution in [3.8, 4) is 5.75 Å². The quantitative estimate of drug-likeness (QED) is 0.363. The monoisotopic (exact) mass is 479 g/mol. The highest BCUT2D eigenvalue weighted by Gasteiger charge is 2.28. The molecule has 7 nitrogen and oxygen atoms in total. The standard InChI is InChI=1S/C26H29N3O4S/c1-5-33-23-14-12-22(13-15-23)21(4)27-28-26(30)18-29(25-9-7-6-8-20(25)3)34(31,32)24-16-10-19(2)11-17-24/h6-17H,5,18H2,1-4H3,(H,28,30)/b27-21-. The average molecular weight is 480 g/mol. The van der Waals surface area contributed by atoms with Crippen molar-refractivity contribution in [2.24, 2.45) is 5.10 Å². The number of rotatable bonds is 9. The lowest BCUT2D eigenvalue weighted by molar-refractivity contribution is -0.119. The highest BCUT2D eigenvalue weighted by atomic mass is 32.2. The van der Waals surface area contributed by atoms with Crippen LogP contribution in [0.3, 0.4) is 0 Å². The van der Waals surface area contributed by atoms with E-state index in [1.807, 2.05) is 44.2 Å². The predicted octanol–water partition coefficient (Wildman–Crippen LogP) is 4.44. The van der Waals surface area contributed by atoms with E-state index in [4.69, 9.17) is 4.74 Å². The number of benzene rings is 3. The first-order valence-electron chi connectivity index (χ1n) is 10.9. The first-order chi connectivity index (χ1) is 16.2. The second-order valence-corrected chi connectivity index (χ2v) is 9.66. The van der Waals surface area contributed by atoms with E-state index in [9.17, 15) is 13.2 Å². The number of carbonyl (C=O) groups excluding carboxylic acids is 1. The number of ether oxygens (including phenoxy) is 1. The third-order valence-corrected chi connectivity index (χ3v) is 6.99. The van der Waals surface area contributed by atoms with Crippen LogP contribution >= 0.6 is 0 Å². The second-order valence-electron chi connectivity index (χ2n) is 7.80. The molecule has 0 bridgehead atoms. The fourth-order valence-electron chi connectivity index (χ4n) is 3.32. The van der Waals surface area contributed by atoms with Crippen molar-refractivity contribution >= 4 is 27.3 Å². The summed E-state index contributed by atoms with van der Waals surface area (Å²) in [5.74, 6) is 0.197. The van der Waals surface area contributed by atoms with Gasteiger partial charge in [-0.1, -0.05) is 35.9 Å². The number of hydrazone groups is 1. The number of sulfonamides is 1. The molecule has 0 radical (unpaired) electrons. The summed E-state index contributed by atoms with van der Waals surface area (Å²) in [5, 5.41) is 4.16. The van der Waals surface area contributed by atoms with E-state index in [1.165, 1.54) is 0 Å². The van der Waals surface area contributed by atoms with E-state index in [1.54, 1.807) is 56.3 Å². The van der Waals surface area contributed by atoms with Crippen LogP contribution in [0.25, 0.3) is 0 Å². The smallest absolute Gasteiger partial charge is 0.264 e. The van der Waals surface area contributed by atoms with Gasteiger partial charge in [0.25, 0.3) is 15.9 Å². The number of para-hydroxylation sites is 1. The summed E-state index contributed by atoms with van der Waals surface area (Å²) in [6.07, 6.45) is 0. The largest absolute Gasteiger partial charge is 0.494 e. The molecule has 0 atom stereocenters. The molecule has 3 aromatic rings. The van der Waals surface area contributed by atoms with Gasteiger partial charge in [-0.15, -0.1) is 0 Å². The predicted molar refractivity (Wildman–Crippen MR) is 135 cm³/mol. The van der Waals surface area contributed by atoms with Crippen molar-refractivity contribution < 1.29 is 17.9 Å². The van der Waals surface area contributed by atoms with Gasteiger partial charge in [-0.3, -0.25) is 9.10 Å². The van der Waals surface area contributed by atoms with Crippen LogP contribution in [0, 0.1) is 13.8 Å². The van der Waals surface area contributed by atoms with Crippen molar-refractivity contribution in [2.45, 2.75) is 32.6 Å². The number of amides is 1. The van der Waals surface area contributed by atoms with Gasteiger partial charge in [0, 0.05) is 0 Å². The lowest BCUT2D eigenvalue weighted by atomic mass is 10.1. The molecule has 0 saturated carbocycles. The highest BCUT2D eigenvalue weighted by Crippen LogP contribution is 2.26. The first kappa shape index (κ1) is 25.0. The van der Waals surface area contributed by atoms with Gasteiger partial charge in [0.05, 0.1) is 22.9 Å². The summed E-state index contributed by atoms with van der Waals surface area (Å²) in [7, 11) is -3.98. The zero-order chi connectivity index (χ0) is 24.7. The Morgan fingerprint density at radius 1 is 0.971 bits per heavy atom. The fourth-order valence-corrected chi connectivity index (χ4v) is 4.80. The van der Waals surface area contributed by atoms with Crippen LogP contribution in [-0.2, 0) is 14.8 Å². The van der Waals surface area contributed by atoms with Crippen LogP contribution in [0.2, 0.25) is 0 Å². The molecule has 0 aliphatic carbocycles. The zero-order valence-electron chi connectivity index (χ0n) is 19.8. The molecular weight excluding hydrogens is 450 g/mol. The SMILES string of the molecule is CCOc1ccc(/C(C)=N\NC(=O)CN(c2ccccc2C)S(=O)(=O)c2ccc(C)cc2)cc1. The summed E-state index contributed by atoms with van der Waals surface area (Å²) in [5.41, 5.74) is 5.99. The minimum Gasteiger partial charge on any atom is -0.494 e. The van der Waals surface area contributed by atoms with Gasteiger partial charge in [0.2, 0.25) is 0 Å². The van der Waals surface area contributed by atoms with E-state index in [0.29, 0.717) is 18.0 Å². The molecule has 0 aliphatic rings. The van der Waals surface area contributed by atoms with E-state index in [2.05, 4.69) is 10.5 Å². The molecule has 178 valence electrons. The van der Waals surface area contributed by atoms with Crippen LogP contribution < -0.4 is 14.5 Å². The molecule has 0 aliphatic heterocycles. The molecule has 0 fully saturated rings. The summed E-state index contributed by atoms with van der Waals surface area (Å²) in [6, 6.07) is 20.9. The maximum absolute atomic E-state index is 13.5. The third kappa shape index (κ3) is 6.02. The molecule has 34 heavy (non-hydrogen) atoms. The Morgan fingerprint density at radius 3 is 2.24 bits per heavy atom. The molecule has 0 unspecified atom stereocenters. The molecule has 3 rings (SSSR count). The van der Waals surface area contributed by atoms with Crippen molar-refractivity contribution in [3.05, 3.63) is 89.5 Å². The number of anilines is 1. The lowest BCUT2D eigenvalue weighted by Crippen LogP contribution is -2.40. The normalized spacial score (nSPS) is 11.7. The van der Waals surface area contributed by atoms with E-state index in [0.717, 1.165) is 26.7 Å². The van der Waals surface area contributed by atoms with Crippen molar-refractivity contribution in [1.29, 1.82) is 0 Å². The Kier molecular flexibility index (Phi) is 8.07. The van der Waals surface area contributed by atoms with E-state index < -0.39 is 22.5 Å². The molecule has 0 spiro atoms. The average Bonchev–Trinajstić information content (AvgIpc) is 2.82. The molecule has 1 N–H and O–H groups in total.